The van der Waals surface area contributed by atoms with Crippen LogP contribution in [0.15, 0.2) is 47.0 Å². The molecule has 0 aliphatic carbocycles. The molecule has 2 aromatic rings. The van der Waals surface area contributed by atoms with Gasteiger partial charge in [-0.3, -0.25) is 4.79 Å². The van der Waals surface area contributed by atoms with Gasteiger partial charge in [0.2, 0.25) is 5.78 Å². The quantitative estimate of drug-likeness (QED) is 0.633. The summed E-state index contributed by atoms with van der Waals surface area (Å²) in [4.78, 5) is 13.5. The van der Waals surface area contributed by atoms with Gasteiger partial charge in [0, 0.05) is 32.4 Å². The number of allylic oxidation sites excluding steroid dienone is 1. The third kappa shape index (κ3) is 3.12. The number of carbonyl (C=O) groups excluding carboxylic acids is 1. The Morgan fingerprint density at radius 1 is 1.20 bits per heavy atom. The Morgan fingerprint density at radius 2 is 1.95 bits per heavy atom. The van der Waals surface area contributed by atoms with Crippen LogP contribution in [0.2, 0.25) is 0 Å². The van der Waals surface area contributed by atoms with Crippen LogP contribution in [-0.2, 0) is 0 Å². The van der Waals surface area contributed by atoms with E-state index in [9.17, 15) is 13.6 Å². The van der Waals surface area contributed by atoms with Gasteiger partial charge >= 0.3 is 0 Å². The summed E-state index contributed by atoms with van der Waals surface area (Å²) in [6.07, 6.45) is 2.94. The van der Waals surface area contributed by atoms with Gasteiger partial charge in [0.25, 0.3) is 0 Å². The molecule has 104 valence electrons. The average molecular weight is 277 g/mol. The van der Waals surface area contributed by atoms with Crippen LogP contribution in [0, 0.1) is 11.6 Å². The van der Waals surface area contributed by atoms with E-state index < -0.39 is 11.6 Å². The molecule has 0 unspecified atom stereocenters. The summed E-state index contributed by atoms with van der Waals surface area (Å²) in [5.41, 5.74) is 0.113. The molecular formula is C15H13F2NO2. The fourth-order valence-corrected chi connectivity index (χ4v) is 1.60. The first kappa shape index (κ1) is 14.0. The molecule has 0 fully saturated rings. The second-order valence-electron chi connectivity index (χ2n) is 4.43. The molecule has 3 nitrogen and oxygen atoms in total. The largest absolute Gasteiger partial charge is 0.453 e. The van der Waals surface area contributed by atoms with Gasteiger partial charge in [-0.25, -0.2) is 8.78 Å². The number of benzene rings is 1. The van der Waals surface area contributed by atoms with Crippen LogP contribution in [0.1, 0.15) is 10.6 Å². The second-order valence-corrected chi connectivity index (χ2v) is 4.43. The molecular weight excluding hydrogens is 264 g/mol. The molecule has 2 rings (SSSR count). The minimum atomic E-state index is -0.734. The molecule has 0 bridgehead atoms. The van der Waals surface area contributed by atoms with Crippen molar-refractivity contribution in [2.45, 2.75) is 0 Å². The summed E-state index contributed by atoms with van der Waals surface area (Å²) in [6.45, 7) is 0. The van der Waals surface area contributed by atoms with Crippen LogP contribution in [0.3, 0.4) is 0 Å². The summed E-state index contributed by atoms with van der Waals surface area (Å²) in [6, 6.07) is 6.11. The number of hydrogen-bond donors (Lipinski definition) is 0. The molecule has 0 atom stereocenters. The van der Waals surface area contributed by atoms with Crippen molar-refractivity contribution in [2.24, 2.45) is 0 Å². The molecule has 0 N–H and O–H groups in total. The molecule has 1 aromatic carbocycles. The van der Waals surface area contributed by atoms with Gasteiger partial charge in [0.1, 0.15) is 17.4 Å². The summed E-state index contributed by atoms with van der Waals surface area (Å²) >= 11 is 0. The van der Waals surface area contributed by atoms with Crippen LogP contribution in [0.25, 0.3) is 11.3 Å². The van der Waals surface area contributed by atoms with Crippen LogP contribution in [0.5, 0.6) is 0 Å². The zero-order chi connectivity index (χ0) is 14.7. The Morgan fingerprint density at radius 3 is 2.60 bits per heavy atom. The van der Waals surface area contributed by atoms with Crippen molar-refractivity contribution in [2.75, 3.05) is 14.1 Å². The summed E-state index contributed by atoms with van der Waals surface area (Å²) in [7, 11) is 3.57. The topological polar surface area (TPSA) is 33.5 Å². The lowest BCUT2D eigenvalue weighted by Gasteiger charge is -2.02. The molecule has 0 aliphatic rings. The first-order chi connectivity index (χ1) is 9.47. The van der Waals surface area contributed by atoms with Gasteiger partial charge in [0.15, 0.2) is 5.76 Å². The standard InChI is InChI=1S/C15H13F2NO2/c1-18(2)8-7-13(19)15-6-5-14(20-15)11-4-3-10(16)9-12(11)17/h3-9H,1-2H3. The highest BCUT2D eigenvalue weighted by Crippen LogP contribution is 2.25. The lowest BCUT2D eigenvalue weighted by atomic mass is 10.1. The number of rotatable bonds is 4. The molecule has 0 spiro atoms. The molecule has 5 heteroatoms. The van der Waals surface area contributed by atoms with Crippen molar-refractivity contribution in [1.82, 2.24) is 4.90 Å². The zero-order valence-corrected chi connectivity index (χ0v) is 11.1. The average Bonchev–Trinajstić information content (AvgIpc) is 2.85. The number of nitrogens with zero attached hydrogens (tertiary/aromatic N) is 1. The van der Waals surface area contributed by atoms with Crippen molar-refractivity contribution in [3.8, 4) is 11.3 Å². The SMILES string of the molecule is CN(C)C=CC(=O)c1ccc(-c2ccc(F)cc2F)o1. The Balaban J connectivity index is 2.27. The summed E-state index contributed by atoms with van der Waals surface area (Å²) < 4.78 is 31.7. The maximum absolute atomic E-state index is 13.6. The predicted octanol–water partition coefficient (Wildman–Crippen LogP) is 3.48. The van der Waals surface area contributed by atoms with Crippen LogP contribution in [0.4, 0.5) is 8.78 Å². The highest BCUT2D eigenvalue weighted by molar-refractivity contribution is 6.02. The van der Waals surface area contributed by atoms with Crippen molar-refractivity contribution < 1.29 is 18.0 Å². The lowest BCUT2D eigenvalue weighted by Crippen LogP contribution is -2.02. The van der Waals surface area contributed by atoms with Crippen molar-refractivity contribution in [1.29, 1.82) is 0 Å². The van der Waals surface area contributed by atoms with E-state index >= 15 is 0 Å². The molecule has 20 heavy (non-hydrogen) atoms. The van der Waals surface area contributed by atoms with Gasteiger partial charge in [-0.15, -0.1) is 0 Å². The highest BCUT2D eigenvalue weighted by atomic mass is 19.1. The van der Waals surface area contributed by atoms with Crippen molar-refractivity contribution in [3.05, 3.63) is 60.0 Å². The van der Waals surface area contributed by atoms with Crippen LogP contribution < -0.4 is 0 Å². The van der Waals surface area contributed by atoms with E-state index in [1.165, 1.54) is 24.3 Å². The number of hydrogen-bond acceptors (Lipinski definition) is 3. The maximum atomic E-state index is 13.6. The molecule has 0 radical (unpaired) electrons. The summed E-state index contributed by atoms with van der Waals surface area (Å²) in [5, 5.41) is 0. The van der Waals surface area contributed by atoms with Gasteiger partial charge in [-0.1, -0.05) is 0 Å². The first-order valence-electron chi connectivity index (χ1n) is 5.91. The fourth-order valence-electron chi connectivity index (χ4n) is 1.60. The number of furan rings is 1. The predicted molar refractivity (Wildman–Crippen MR) is 71.2 cm³/mol. The van der Waals surface area contributed by atoms with Crippen LogP contribution in [-0.4, -0.2) is 24.8 Å². The molecule has 0 aliphatic heterocycles. The minimum Gasteiger partial charge on any atom is -0.453 e. The lowest BCUT2D eigenvalue weighted by molar-refractivity contribution is 0.102. The van der Waals surface area contributed by atoms with Crippen LogP contribution >= 0.6 is 0 Å². The number of carbonyl (C=O) groups is 1. The van der Waals surface area contributed by atoms with E-state index in [2.05, 4.69) is 0 Å². The minimum absolute atomic E-state index is 0.0989. The van der Waals surface area contributed by atoms with Gasteiger partial charge in [0.05, 0.1) is 5.56 Å². The second kappa shape index (κ2) is 5.69. The number of ketones is 1. The zero-order valence-electron chi connectivity index (χ0n) is 11.1. The van der Waals surface area contributed by atoms with Crippen molar-refractivity contribution in [3.63, 3.8) is 0 Å². The van der Waals surface area contributed by atoms with E-state index in [1.807, 2.05) is 0 Å². The monoisotopic (exact) mass is 277 g/mol. The fraction of sp³-hybridized carbons (Fsp3) is 0.133. The maximum Gasteiger partial charge on any atom is 0.222 e. The van der Waals surface area contributed by atoms with E-state index in [-0.39, 0.29) is 22.9 Å². The molecule has 1 heterocycles. The Hall–Kier alpha value is -2.43. The van der Waals surface area contributed by atoms with Crippen molar-refractivity contribution >= 4 is 5.78 Å². The Labute approximate surface area is 115 Å². The van der Waals surface area contributed by atoms with Gasteiger partial charge in [-0.05, 0) is 24.3 Å². The van der Waals surface area contributed by atoms with E-state index in [0.717, 1.165) is 12.1 Å². The third-order valence-electron chi connectivity index (χ3n) is 2.57. The van der Waals surface area contributed by atoms with E-state index in [4.69, 9.17) is 4.42 Å². The van der Waals surface area contributed by atoms with Gasteiger partial charge in [-0.2, -0.15) is 0 Å². The Kier molecular flexibility index (Phi) is 3.98. The van der Waals surface area contributed by atoms with E-state index in [0.29, 0.717) is 0 Å². The third-order valence-corrected chi connectivity index (χ3v) is 2.57. The Bertz CT molecular complexity index is 660. The molecule has 0 saturated carbocycles. The van der Waals surface area contributed by atoms with E-state index in [1.54, 1.807) is 25.2 Å². The molecule has 1 aromatic heterocycles. The molecule has 0 amide bonds. The smallest absolute Gasteiger partial charge is 0.222 e. The van der Waals surface area contributed by atoms with Gasteiger partial charge < -0.3 is 9.32 Å². The first-order valence-corrected chi connectivity index (χ1v) is 5.91. The summed E-state index contributed by atoms with van der Waals surface area (Å²) in [5.74, 6) is -1.44. The molecule has 0 saturated heterocycles. The number of halogens is 2. The normalized spacial score (nSPS) is 11.0. The highest BCUT2D eigenvalue weighted by Gasteiger charge is 2.13.